The number of H-pyrrole nitrogens is 1. The van der Waals surface area contributed by atoms with Crippen LogP contribution in [0.3, 0.4) is 0 Å². The van der Waals surface area contributed by atoms with E-state index in [1.807, 2.05) is 0 Å². The van der Waals surface area contributed by atoms with Crippen molar-refractivity contribution in [3.05, 3.63) is 42.7 Å². The molecule has 128 valence electrons. The molecule has 0 unspecified atom stereocenters. The lowest BCUT2D eigenvalue weighted by atomic mass is 10.3. The molecule has 3 heterocycles. The van der Waals surface area contributed by atoms with Crippen LogP contribution in [0.15, 0.2) is 36.9 Å². The molecule has 25 heavy (non-hydrogen) atoms. The van der Waals surface area contributed by atoms with E-state index in [1.165, 1.54) is 30.6 Å². The van der Waals surface area contributed by atoms with Crippen molar-refractivity contribution in [2.75, 3.05) is 23.3 Å². The van der Waals surface area contributed by atoms with Crippen molar-refractivity contribution in [1.82, 2.24) is 25.3 Å². The predicted octanol–water partition coefficient (Wildman–Crippen LogP) is 1.89. The van der Waals surface area contributed by atoms with Crippen LogP contribution in [0.4, 0.5) is 20.7 Å². The van der Waals surface area contributed by atoms with E-state index in [0.29, 0.717) is 17.9 Å². The molecule has 3 N–H and O–H groups in total. The number of aromatic amines is 1. The maximum atomic E-state index is 12.9. The van der Waals surface area contributed by atoms with Gasteiger partial charge in [0.2, 0.25) is 0 Å². The van der Waals surface area contributed by atoms with Crippen molar-refractivity contribution in [3.8, 4) is 0 Å². The van der Waals surface area contributed by atoms with Crippen LogP contribution < -0.4 is 15.5 Å². The molecule has 0 bridgehead atoms. The number of fused-ring (bicyclic) bond motifs is 1. The van der Waals surface area contributed by atoms with Crippen molar-refractivity contribution >= 4 is 28.7 Å². The number of nitrogens with one attached hydrogen (secondary N) is 3. The van der Waals surface area contributed by atoms with Gasteiger partial charge in [0.25, 0.3) is 0 Å². The van der Waals surface area contributed by atoms with Crippen LogP contribution in [-0.4, -0.2) is 45.1 Å². The molecule has 0 saturated carbocycles. The number of rotatable bonds is 3. The number of halogens is 1. The Hall–Kier alpha value is -3.23. The molecule has 1 aliphatic heterocycles. The number of anilines is 2. The standard InChI is InChI=1S/C16H16FN7O/c17-10-1-3-11(4-2-10)22-16(25)23-12-5-6-24(7-12)15-13-14(19-8-18-13)20-9-21-15/h1-4,8-9,12H,5-7H2,(H2,22,23,25)(H,18,19,20,21)/t12-/m1/s1. The maximum absolute atomic E-state index is 12.9. The highest BCUT2D eigenvalue weighted by atomic mass is 19.1. The fraction of sp³-hybridized carbons (Fsp3) is 0.250. The molecule has 0 spiro atoms. The van der Waals surface area contributed by atoms with Gasteiger partial charge in [0.1, 0.15) is 17.7 Å². The zero-order chi connectivity index (χ0) is 17.2. The van der Waals surface area contributed by atoms with Gasteiger partial charge >= 0.3 is 6.03 Å². The first-order valence-corrected chi connectivity index (χ1v) is 7.91. The Kier molecular flexibility index (Phi) is 3.88. The van der Waals surface area contributed by atoms with Crippen LogP contribution in [0.1, 0.15) is 6.42 Å². The number of hydrogen-bond acceptors (Lipinski definition) is 5. The molecular weight excluding hydrogens is 325 g/mol. The van der Waals surface area contributed by atoms with E-state index in [0.717, 1.165) is 24.3 Å². The van der Waals surface area contributed by atoms with E-state index in [9.17, 15) is 9.18 Å². The van der Waals surface area contributed by atoms with E-state index in [2.05, 4.69) is 35.5 Å². The third-order valence-corrected chi connectivity index (χ3v) is 4.13. The van der Waals surface area contributed by atoms with Gasteiger partial charge in [0, 0.05) is 24.8 Å². The normalized spacial score (nSPS) is 17.0. The zero-order valence-electron chi connectivity index (χ0n) is 13.2. The summed E-state index contributed by atoms with van der Waals surface area (Å²) in [5, 5.41) is 5.63. The Balaban J connectivity index is 1.38. The number of urea groups is 1. The van der Waals surface area contributed by atoms with E-state index in [1.54, 1.807) is 6.33 Å². The topological polar surface area (TPSA) is 98.8 Å². The number of hydrogen-bond donors (Lipinski definition) is 3. The van der Waals surface area contributed by atoms with Gasteiger partial charge in [-0.3, -0.25) is 0 Å². The molecule has 9 heteroatoms. The molecule has 1 atom stereocenters. The van der Waals surface area contributed by atoms with Crippen LogP contribution in [0, 0.1) is 5.82 Å². The second-order valence-electron chi connectivity index (χ2n) is 5.84. The van der Waals surface area contributed by atoms with Crippen LogP contribution in [0.2, 0.25) is 0 Å². The number of imidazole rings is 1. The summed E-state index contributed by atoms with van der Waals surface area (Å²) in [5.74, 6) is 0.443. The van der Waals surface area contributed by atoms with Crippen molar-refractivity contribution < 1.29 is 9.18 Å². The third kappa shape index (κ3) is 3.21. The summed E-state index contributed by atoms with van der Waals surface area (Å²) in [6.45, 7) is 1.41. The van der Waals surface area contributed by atoms with Gasteiger partial charge in [-0.05, 0) is 30.7 Å². The number of carbonyl (C=O) groups is 1. The van der Waals surface area contributed by atoms with E-state index in [-0.39, 0.29) is 17.9 Å². The minimum Gasteiger partial charge on any atom is -0.353 e. The van der Waals surface area contributed by atoms with Crippen molar-refractivity contribution in [2.24, 2.45) is 0 Å². The molecule has 1 saturated heterocycles. The predicted molar refractivity (Wildman–Crippen MR) is 90.9 cm³/mol. The number of aromatic nitrogens is 4. The smallest absolute Gasteiger partial charge is 0.319 e. The van der Waals surface area contributed by atoms with Gasteiger partial charge in [-0.1, -0.05) is 0 Å². The first-order valence-electron chi connectivity index (χ1n) is 7.91. The maximum Gasteiger partial charge on any atom is 0.319 e. The Morgan fingerprint density at radius 2 is 2.08 bits per heavy atom. The molecule has 2 aromatic heterocycles. The monoisotopic (exact) mass is 341 g/mol. The highest BCUT2D eigenvalue weighted by molar-refractivity contribution is 5.89. The largest absolute Gasteiger partial charge is 0.353 e. The molecule has 0 radical (unpaired) electrons. The SMILES string of the molecule is O=C(Nc1ccc(F)cc1)N[C@@H]1CCN(c2ncnc3nc[nH]c23)C1. The molecule has 4 rings (SSSR count). The Morgan fingerprint density at radius 1 is 1.24 bits per heavy atom. The minimum atomic E-state index is -0.340. The highest BCUT2D eigenvalue weighted by Gasteiger charge is 2.26. The van der Waals surface area contributed by atoms with E-state index >= 15 is 0 Å². The summed E-state index contributed by atoms with van der Waals surface area (Å²) >= 11 is 0. The fourth-order valence-electron chi connectivity index (χ4n) is 2.95. The summed E-state index contributed by atoms with van der Waals surface area (Å²) in [6, 6.07) is 5.33. The molecule has 2 amide bonds. The molecule has 8 nitrogen and oxygen atoms in total. The van der Waals surface area contributed by atoms with Crippen molar-refractivity contribution in [2.45, 2.75) is 12.5 Å². The van der Waals surface area contributed by atoms with Crippen LogP contribution in [0.5, 0.6) is 0 Å². The summed E-state index contributed by atoms with van der Waals surface area (Å²) < 4.78 is 12.9. The Morgan fingerprint density at radius 3 is 2.92 bits per heavy atom. The molecule has 3 aromatic rings. The summed E-state index contributed by atoms with van der Waals surface area (Å²) in [6.07, 6.45) is 3.88. The fourth-order valence-corrected chi connectivity index (χ4v) is 2.95. The minimum absolute atomic E-state index is 0.00612. The lowest BCUT2D eigenvalue weighted by Gasteiger charge is -2.18. The zero-order valence-corrected chi connectivity index (χ0v) is 13.2. The number of nitrogens with zero attached hydrogens (tertiary/aromatic N) is 4. The first-order chi connectivity index (χ1) is 12.2. The number of carbonyl (C=O) groups excluding carboxylic acids is 1. The van der Waals surface area contributed by atoms with Gasteiger partial charge in [0.05, 0.1) is 6.33 Å². The second-order valence-corrected chi connectivity index (χ2v) is 5.84. The quantitative estimate of drug-likeness (QED) is 0.676. The Bertz CT molecular complexity index is 895. The molecule has 1 fully saturated rings. The Labute approximate surface area is 142 Å². The van der Waals surface area contributed by atoms with Gasteiger partial charge < -0.3 is 20.5 Å². The van der Waals surface area contributed by atoms with Crippen LogP contribution in [-0.2, 0) is 0 Å². The summed E-state index contributed by atoms with van der Waals surface area (Å²) in [5.41, 5.74) is 1.96. The number of benzene rings is 1. The van der Waals surface area contributed by atoms with Crippen LogP contribution in [0.25, 0.3) is 11.2 Å². The third-order valence-electron chi connectivity index (χ3n) is 4.13. The van der Waals surface area contributed by atoms with Gasteiger partial charge in [-0.2, -0.15) is 0 Å². The average molecular weight is 341 g/mol. The molecule has 1 aromatic carbocycles. The second kappa shape index (κ2) is 6.34. The summed E-state index contributed by atoms with van der Waals surface area (Å²) in [7, 11) is 0. The van der Waals surface area contributed by atoms with Gasteiger partial charge in [-0.25, -0.2) is 24.1 Å². The van der Waals surface area contributed by atoms with Gasteiger partial charge in [-0.15, -0.1) is 0 Å². The average Bonchev–Trinajstić information content (AvgIpc) is 3.25. The first kappa shape index (κ1) is 15.3. The highest BCUT2D eigenvalue weighted by Crippen LogP contribution is 2.23. The van der Waals surface area contributed by atoms with E-state index in [4.69, 9.17) is 0 Å². The van der Waals surface area contributed by atoms with Gasteiger partial charge in [0.15, 0.2) is 11.5 Å². The van der Waals surface area contributed by atoms with Crippen LogP contribution >= 0.6 is 0 Å². The lowest BCUT2D eigenvalue weighted by molar-refractivity contribution is 0.249. The summed E-state index contributed by atoms with van der Waals surface area (Å²) in [4.78, 5) is 29.8. The molecule has 0 aliphatic carbocycles. The van der Waals surface area contributed by atoms with Crippen molar-refractivity contribution in [1.29, 1.82) is 0 Å². The molecular formula is C16H16FN7O. The lowest BCUT2D eigenvalue weighted by Crippen LogP contribution is -2.39. The molecule has 1 aliphatic rings. The number of amides is 2. The van der Waals surface area contributed by atoms with E-state index < -0.39 is 0 Å². The van der Waals surface area contributed by atoms with Crippen molar-refractivity contribution in [3.63, 3.8) is 0 Å².